The van der Waals surface area contributed by atoms with E-state index in [1.807, 2.05) is 13.0 Å². The van der Waals surface area contributed by atoms with Crippen LogP contribution in [0.15, 0.2) is 18.3 Å². The van der Waals surface area contributed by atoms with Gasteiger partial charge in [0.2, 0.25) is 0 Å². The summed E-state index contributed by atoms with van der Waals surface area (Å²) in [6.07, 6.45) is 6.95. The number of hydrogen-bond donors (Lipinski definition) is 1. The second-order valence-corrected chi connectivity index (χ2v) is 5.62. The van der Waals surface area contributed by atoms with Gasteiger partial charge in [0.25, 0.3) is 5.91 Å². The summed E-state index contributed by atoms with van der Waals surface area (Å²) < 4.78 is 5.87. The summed E-state index contributed by atoms with van der Waals surface area (Å²) in [7, 11) is 0. The molecular weight excluding hydrogens is 252 g/mol. The molecule has 1 fully saturated rings. The quantitative estimate of drug-likeness (QED) is 0.841. The molecule has 0 aromatic carbocycles. The van der Waals surface area contributed by atoms with E-state index in [9.17, 15) is 4.79 Å². The first-order chi connectivity index (χ1) is 9.66. The molecule has 20 heavy (non-hydrogen) atoms. The number of aryl methyl sites for hydroxylation is 1. The average molecular weight is 276 g/mol. The smallest absolute Gasteiger partial charge is 0.252 e. The summed E-state index contributed by atoms with van der Waals surface area (Å²) in [5.41, 5.74) is 1.51. The summed E-state index contributed by atoms with van der Waals surface area (Å²) in [6.45, 7) is 5.29. The minimum absolute atomic E-state index is 0.0854. The highest BCUT2D eigenvalue weighted by molar-refractivity contribution is 5.93. The second kappa shape index (κ2) is 7.39. The Morgan fingerprint density at radius 3 is 2.90 bits per heavy atom. The fraction of sp³-hybridized carbons (Fsp3) is 0.625. The van der Waals surface area contributed by atoms with E-state index in [1.165, 1.54) is 19.3 Å². The van der Waals surface area contributed by atoms with Crippen molar-refractivity contribution in [1.29, 1.82) is 0 Å². The molecule has 0 spiro atoms. The number of nitrogens with one attached hydrogen (secondary N) is 1. The Morgan fingerprint density at radius 2 is 2.20 bits per heavy atom. The van der Waals surface area contributed by atoms with Gasteiger partial charge in [-0.25, -0.2) is 0 Å². The van der Waals surface area contributed by atoms with Gasteiger partial charge in [0.15, 0.2) is 0 Å². The number of pyridine rings is 1. The molecule has 1 aromatic rings. The lowest BCUT2D eigenvalue weighted by atomic mass is 9.88. The van der Waals surface area contributed by atoms with Gasteiger partial charge in [0.1, 0.15) is 0 Å². The van der Waals surface area contributed by atoms with E-state index in [2.05, 4.69) is 17.2 Å². The molecule has 1 heterocycles. The minimum Gasteiger partial charge on any atom is -0.376 e. The van der Waals surface area contributed by atoms with E-state index in [4.69, 9.17) is 4.74 Å². The summed E-state index contributed by atoms with van der Waals surface area (Å²) in [6, 6.07) is 3.64. The van der Waals surface area contributed by atoms with Crippen LogP contribution in [0.3, 0.4) is 0 Å². The predicted molar refractivity (Wildman–Crippen MR) is 78.7 cm³/mol. The van der Waals surface area contributed by atoms with Crippen LogP contribution >= 0.6 is 0 Å². The average Bonchev–Trinajstić information content (AvgIpc) is 2.46. The maximum atomic E-state index is 11.9. The highest BCUT2D eigenvalue weighted by atomic mass is 16.5. The van der Waals surface area contributed by atoms with Gasteiger partial charge in [-0.3, -0.25) is 9.78 Å². The fourth-order valence-corrected chi connectivity index (χ4v) is 2.61. The maximum Gasteiger partial charge on any atom is 0.252 e. The molecule has 0 radical (unpaired) electrons. The van der Waals surface area contributed by atoms with Gasteiger partial charge in [0, 0.05) is 18.4 Å². The zero-order chi connectivity index (χ0) is 14.4. The molecule has 0 bridgehead atoms. The van der Waals surface area contributed by atoms with Crippen molar-refractivity contribution in [2.45, 2.75) is 45.6 Å². The first kappa shape index (κ1) is 15.0. The molecular formula is C16H24N2O2. The monoisotopic (exact) mass is 276 g/mol. The highest BCUT2D eigenvalue weighted by Gasteiger charge is 2.21. The highest BCUT2D eigenvalue weighted by Crippen LogP contribution is 2.25. The van der Waals surface area contributed by atoms with E-state index in [0.29, 0.717) is 30.7 Å². The Kier molecular flexibility index (Phi) is 5.53. The van der Waals surface area contributed by atoms with Crippen molar-refractivity contribution in [3.63, 3.8) is 0 Å². The molecule has 1 aromatic heterocycles. The van der Waals surface area contributed by atoms with Gasteiger partial charge >= 0.3 is 0 Å². The Balaban J connectivity index is 1.67. The zero-order valence-corrected chi connectivity index (χ0v) is 12.4. The molecule has 1 saturated carbocycles. The summed E-state index contributed by atoms with van der Waals surface area (Å²) >= 11 is 0. The molecule has 1 aliphatic rings. The van der Waals surface area contributed by atoms with Crippen molar-refractivity contribution in [3.8, 4) is 0 Å². The molecule has 1 aliphatic carbocycles. The van der Waals surface area contributed by atoms with Crippen LogP contribution < -0.4 is 5.32 Å². The van der Waals surface area contributed by atoms with E-state index >= 15 is 0 Å². The van der Waals surface area contributed by atoms with Gasteiger partial charge < -0.3 is 10.1 Å². The molecule has 0 unspecified atom stereocenters. The van der Waals surface area contributed by atoms with E-state index in [0.717, 1.165) is 12.1 Å². The lowest BCUT2D eigenvalue weighted by Gasteiger charge is -2.28. The molecule has 0 aliphatic heterocycles. The van der Waals surface area contributed by atoms with E-state index in [-0.39, 0.29) is 5.91 Å². The molecule has 110 valence electrons. The normalized spacial score (nSPS) is 22.5. The van der Waals surface area contributed by atoms with E-state index < -0.39 is 0 Å². The number of aromatic nitrogens is 1. The number of ether oxygens (including phenoxy) is 1. The summed E-state index contributed by atoms with van der Waals surface area (Å²) in [5.74, 6) is 0.554. The van der Waals surface area contributed by atoms with E-state index in [1.54, 1.807) is 12.3 Å². The number of carbonyl (C=O) groups is 1. The van der Waals surface area contributed by atoms with Crippen LogP contribution in [0.25, 0.3) is 0 Å². The van der Waals surface area contributed by atoms with Crippen LogP contribution in [0.5, 0.6) is 0 Å². The van der Waals surface area contributed by atoms with Gasteiger partial charge in [-0.15, -0.1) is 0 Å². The fourth-order valence-electron chi connectivity index (χ4n) is 2.61. The largest absolute Gasteiger partial charge is 0.376 e. The van der Waals surface area contributed by atoms with Crippen LogP contribution in [0.2, 0.25) is 0 Å². The van der Waals surface area contributed by atoms with Crippen molar-refractivity contribution in [1.82, 2.24) is 10.3 Å². The first-order valence-corrected chi connectivity index (χ1v) is 7.49. The third-order valence-electron chi connectivity index (χ3n) is 3.93. The minimum atomic E-state index is -0.0854. The van der Waals surface area contributed by atoms with Crippen LogP contribution in [0.1, 0.15) is 48.7 Å². The topological polar surface area (TPSA) is 51.2 Å². The van der Waals surface area contributed by atoms with Gasteiger partial charge in [0.05, 0.1) is 18.3 Å². The molecule has 2 atom stereocenters. The van der Waals surface area contributed by atoms with Gasteiger partial charge in [-0.05, 0) is 37.8 Å². The van der Waals surface area contributed by atoms with Crippen molar-refractivity contribution < 1.29 is 9.53 Å². The Hall–Kier alpha value is -1.42. The number of amides is 1. The van der Waals surface area contributed by atoms with Crippen LogP contribution in [-0.4, -0.2) is 30.1 Å². The van der Waals surface area contributed by atoms with Crippen LogP contribution in [0, 0.1) is 12.8 Å². The molecule has 0 saturated heterocycles. The number of hydrogen-bond acceptors (Lipinski definition) is 3. The van der Waals surface area contributed by atoms with Gasteiger partial charge in [-0.2, -0.15) is 0 Å². The molecule has 1 N–H and O–H groups in total. The third-order valence-corrected chi connectivity index (χ3v) is 3.93. The van der Waals surface area contributed by atoms with Crippen molar-refractivity contribution in [3.05, 3.63) is 29.6 Å². The van der Waals surface area contributed by atoms with Crippen molar-refractivity contribution >= 4 is 5.91 Å². The lowest BCUT2D eigenvalue weighted by Crippen LogP contribution is -2.31. The number of rotatable bonds is 5. The maximum absolute atomic E-state index is 11.9. The number of nitrogens with zero attached hydrogens (tertiary/aromatic N) is 1. The first-order valence-electron chi connectivity index (χ1n) is 7.49. The van der Waals surface area contributed by atoms with Crippen molar-refractivity contribution in [2.24, 2.45) is 5.92 Å². The molecule has 4 nitrogen and oxygen atoms in total. The summed E-state index contributed by atoms with van der Waals surface area (Å²) in [5, 5.41) is 2.87. The van der Waals surface area contributed by atoms with Crippen molar-refractivity contribution in [2.75, 3.05) is 13.2 Å². The standard InChI is InChI=1S/C16H24N2O2/c1-12-5-3-4-6-15(12)20-10-9-17-16(19)14-8-7-13(2)18-11-14/h7-8,11-12,15H,3-6,9-10H2,1-2H3,(H,17,19)/t12-,15+/m1/s1. The zero-order valence-electron chi connectivity index (χ0n) is 12.4. The Labute approximate surface area is 120 Å². The van der Waals surface area contributed by atoms with Crippen LogP contribution in [0.4, 0.5) is 0 Å². The summed E-state index contributed by atoms with van der Waals surface area (Å²) in [4.78, 5) is 16.0. The molecule has 1 amide bonds. The molecule has 2 rings (SSSR count). The second-order valence-electron chi connectivity index (χ2n) is 5.62. The molecule has 4 heteroatoms. The third kappa shape index (κ3) is 4.30. The Morgan fingerprint density at radius 1 is 1.40 bits per heavy atom. The number of carbonyl (C=O) groups excluding carboxylic acids is 1. The SMILES string of the molecule is Cc1ccc(C(=O)NCCO[C@H]2CCCC[C@H]2C)cn1. The predicted octanol–water partition coefficient (Wildman–Crippen LogP) is 2.72. The lowest BCUT2D eigenvalue weighted by molar-refractivity contribution is -0.00294. The van der Waals surface area contributed by atoms with Crippen LogP contribution in [-0.2, 0) is 4.74 Å². The van der Waals surface area contributed by atoms with Gasteiger partial charge in [-0.1, -0.05) is 19.8 Å². The Bertz CT molecular complexity index is 431.